The summed E-state index contributed by atoms with van der Waals surface area (Å²) in [5.41, 5.74) is 13.5. The molecule has 0 bridgehead atoms. The van der Waals surface area contributed by atoms with Crippen molar-refractivity contribution in [2.24, 2.45) is 0 Å². The Morgan fingerprint density at radius 2 is 0.814 bits per heavy atom. The van der Waals surface area contributed by atoms with E-state index >= 15 is 0 Å². The topological polar surface area (TPSA) is 64.3 Å². The van der Waals surface area contributed by atoms with Crippen LogP contribution in [-0.4, -0.2) is 9.13 Å². The van der Waals surface area contributed by atoms with Crippen molar-refractivity contribution < 1.29 is 8.83 Å². The second-order valence-corrected chi connectivity index (χ2v) is 18.2. The molecule has 0 unspecified atom stereocenters. The van der Waals surface area contributed by atoms with E-state index in [1.54, 1.807) is 0 Å². The van der Waals surface area contributed by atoms with Gasteiger partial charge in [0, 0.05) is 43.1 Å². The summed E-state index contributed by atoms with van der Waals surface area (Å²) < 4.78 is 16.8. The quantitative estimate of drug-likeness (QED) is 0.165. The molecule has 11 aromatic carbocycles. The number of furan rings is 2. The van der Waals surface area contributed by atoms with E-state index in [0.29, 0.717) is 22.6 Å². The molecule has 0 atom stereocenters. The van der Waals surface area contributed by atoms with Crippen LogP contribution in [0.15, 0.2) is 215 Å². The minimum absolute atomic E-state index is 0.393. The van der Waals surface area contributed by atoms with Crippen molar-refractivity contribution in [3.05, 3.63) is 223 Å². The second-order valence-electron chi connectivity index (χ2n) is 18.2. The monoisotopic (exact) mass is 890 g/mol. The van der Waals surface area contributed by atoms with Gasteiger partial charge in [-0.3, -0.25) is 0 Å². The Morgan fingerprint density at radius 1 is 0.386 bits per heavy atom. The van der Waals surface area contributed by atoms with Crippen molar-refractivity contribution in [1.29, 1.82) is 5.26 Å². The fourth-order valence-corrected chi connectivity index (χ4v) is 11.4. The maximum absolute atomic E-state index is 11.6. The smallest absolute Gasteiger partial charge is 0.212 e. The van der Waals surface area contributed by atoms with Crippen molar-refractivity contribution in [3.8, 4) is 39.7 Å². The molecule has 0 amide bonds. The van der Waals surface area contributed by atoms with Crippen LogP contribution in [0.25, 0.3) is 148 Å². The van der Waals surface area contributed by atoms with Gasteiger partial charge in [-0.05, 0) is 123 Å². The maximum atomic E-state index is 11.6. The maximum Gasteiger partial charge on any atom is 0.212 e. The number of hydrogen-bond acceptors (Lipinski definition) is 3. The summed E-state index contributed by atoms with van der Waals surface area (Å²) in [6, 6.07) is 74.4. The average Bonchev–Trinajstić information content (AvgIpc) is 4.17. The molecular weight excluding hydrogens is 857 g/mol. The van der Waals surface area contributed by atoms with Crippen molar-refractivity contribution in [2.75, 3.05) is 0 Å². The van der Waals surface area contributed by atoms with Crippen molar-refractivity contribution in [3.63, 3.8) is 0 Å². The zero-order chi connectivity index (χ0) is 46.2. The number of para-hydroxylation sites is 2. The Labute approximate surface area is 399 Å². The van der Waals surface area contributed by atoms with E-state index in [9.17, 15) is 5.26 Å². The largest absolute Gasteiger partial charge is 0.456 e. The third kappa shape index (κ3) is 5.30. The normalized spacial score (nSPS) is 12.0. The number of hydrogen-bond donors (Lipinski definition) is 0. The van der Waals surface area contributed by atoms with E-state index in [-0.39, 0.29) is 0 Å². The lowest BCUT2D eigenvalue weighted by Gasteiger charge is -2.18. The molecule has 6 nitrogen and oxygen atoms in total. The summed E-state index contributed by atoms with van der Waals surface area (Å²) in [5, 5.41) is 24.7. The summed E-state index contributed by atoms with van der Waals surface area (Å²) in [7, 11) is 0. The molecule has 0 spiro atoms. The van der Waals surface area contributed by atoms with Crippen LogP contribution in [0.5, 0.6) is 0 Å². The molecule has 0 aliphatic carbocycles. The molecule has 4 heterocycles. The van der Waals surface area contributed by atoms with Crippen LogP contribution in [0.3, 0.4) is 0 Å². The molecule has 4 aromatic heterocycles. The summed E-state index contributed by atoms with van der Waals surface area (Å²) in [5.74, 6) is 0. The Balaban J connectivity index is 0.988. The van der Waals surface area contributed by atoms with Gasteiger partial charge in [0.25, 0.3) is 0 Å². The molecule has 0 saturated carbocycles. The van der Waals surface area contributed by atoms with Gasteiger partial charge in [0.05, 0.1) is 45.6 Å². The SMILES string of the molecule is [C-]#[N+]c1ccc(-n2c3ccc(-c4ccc5oc6ccccc6c5c4)cc3c3c4ccccc4ccc32)c(C#N)c1-n1c2ccc(-c3ccc4oc5ccccc5c4c3)cc2c2c3ccccc3ccc21. The third-order valence-corrected chi connectivity index (χ3v) is 14.6. The van der Waals surface area contributed by atoms with Crippen LogP contribution in [0.4, 0.5) is 5.69 Å². The van der Waals surface area contributed by atoms with E-state index in [1.165, 1.54) is 0 Å². The number of aromatic nitrogens is 2. The fourth-order valence-electron chi connectivity index (χ4n) is 11.4. The first-order chi connectivity index (χ1) is 34.6. The zero-order valence-electron chi connectivity index (χ0n) is 37.2. The predicted octanol–water partition coefficient (Wildman–Crippen LogP) is 17.7. The van der Waals surface area contributed by atoms with Gasteiger partial charge >= 0.3 is 0 Å². The summed E-state index contributed by atoms with van der Waals surface area (Å²) in [4.78, 5) is 4.15. The standard InChI is InChI=1S/C64H34N4O2/c1-66-52-24-29-55(67-53-25-20-39(34-49(53)62-43-12-4-2-10-37(43)18-27-56(62)67)41-22-30-60-47(32-41)45-14-6-8-16-58(45)69-60)51(36-65)64(52)68-54-26-21-40(35-50(54)63-44-13-5-3-11-38(44)19-28-57(63)68)42-23-31-61-48(33-42)46-15-7-9-17-59(46)70-61/h2-35H. The summed E-state index contributed by atoms with van der Waals surface area (Å²) in [6.45, 7) is 8.63. The molecule has 6 heteroatoms. The van der Waals surface area contributed by atoms with Crippen LogP contribution in [0, 0.1) is 17.9 Å². The van der Waals surface area contributed by atoms with Crippen LogP contribution >= 0.6 is 0 Å². The first-order valence-corrected chi connectivity index (χ1v) is 23.3. The number of fused-ring (bicyclic) bond motifs is 16. The number of rotatable bonds is 4. The number of nitriles is 1. The minimum atomic E-state index is 0.393. The first-order valence-electron chi connectivity index (χ1n) is 23.3. The van der Waals surface area contributed by atoms with Crippen molar-refractivity contribution in [1.82, 2.24) is 9.13 Å². The van der Waals surface area contributed by atoms with Gasteiger partial charge in [-0.15, -0.1) is 0 Å². The van der Waals surface area contributed by atoms with Crippen molar-refractivity contribution >= 4 is 115 Å². The summed E-state index contributed by atoms with van der Waals surface area (Å²) >= 11 is 0. The molecule has 15 rings (SSSR count). The van der Waals surface area contributed by atoms with Gasteiger partial charge in [0.2, 0.25) is 5.69 Å². The molecule has 322 valence electrons. The molecule has 0 aliphatic rings. The molecule has 0 fully saturated rings. The van der Waals surface area contributed by atoms with E-state index in [4.69, 9.17) is 15.4 Å². The van der Waals surface area contributed by atoms with Gasteiger partial charge in [-0.25, -0.2) is 4.85 Å². The van der Waals surface area contributed by atoms with Gasteiger partial charge < -0.3 is 18.0 Å². The second kappa shape index (κ2) is 14.3. The van der Waals surface area contributed by atoms with E-state index in [2.05, 4.69) is 178 Å². The Kier molecular flexibility index (Phi) is 7.82. The van der Waals surface area contributed by atoms with E-state index < -0.39 is 0 Å². The number of nitrogens with zero attached hydrogens (tertiary/aromatic N) is 4. The van der Waals surface area contributed by atoms with Gasteiger partial charge in [0.1, 0.15) is 28.4 Å². The minimum Gasteiger partial charge on any atom is -0.456 e. The molecule has 0 N–H and O–H groups in total. The highest BCUT2D eigenvalue weighted by molar-refractivity contribution is 6.24. The molecular formula is C64H34N4O2. The van der Waals surface area contributed by atoms with E-state index in [1.807, 2.05) is 48.5 Å². The average molecular weight is 891 g/mol. The highest BCUT2D eigenvalue weighted by Gasteiger charge is 2.25. The predicted molar refractivity (Wildman–Crippen MR) is 287 cm³/mol. The molecule has 15 aromatic rings. The first kappa shape index (κ1) is 38.2. The molecule has 0 saturated heterocycles. The Hall–Kier alpha value is -9.88. The van der Waals surface area contributed by atoms with Crippen LogP contribution in [-0.2, 0) is 0 Å². The van der Waals surface area contributed by atoms with Crippen molar-refractivity contribution in [2.45, 2.75) is 0 Å². The lowest BCUT2D eigenvalue weighted by molar-refractivity contribution is 0.668. The van der Waals surface area contributed by atoms with Crippen LogP contribution < -0.4 is 0 Å². The molecule has 0 radical (unpaired) electrons. The molecule has 0 aliphatic heterocycles. The fraction of sp³-hybridized carbons (Fsp3) is 0. The van der Waals surface area contributed by atoms with Gasteiger partial charge in [-0.1, -0.05) is 127 Å². The Morgan fingerprint density at radius 3 is 1.34 bits per heavy atom. The van der Waals surface area contributed by atoms with Crippen LogP contribution in [0.1, 0.15) is 5.56 Å². The van der Waals surface area contributed by atoms with Gasteiger partial charge in [0.15, 0.2) is 0 Å². The zero-order valence-corrected chi connectivity index (χ0v) is 37.2. The lowest BCUT2D eigenvalue weighted by Crippen LogP contribution is -2.04. The highest BCUT2D eigenvalue weighted by atomic mass is 16.3. The highest BCUT2D eigenvalue weighted by Crippen LogP contribution is 2.46. The van der Waals surface area contributed by atoms with Gasteiger partial charge in [-0.2, -0.15) is 5.26 Å². The van der Waals surface area contributed by atoms with E-state index in [0.717, 1.165) is 131 Å². The Bertz CT molecular complexity index is 4870. The lowest BCUT2D eigenvalue weighted by atomic mass is 9.99. The summed E-state index contributed by atoms with van der Waals surface area (Å²) in [6.07, 6.45) is 0. The number of benzene rings is 11. The molecule has 70 heavy (non-hydrogen) atoms. The third-order valence-electron chi connectivity index (χ3n) is 14.6. The van der Waals surface area contributed by atoms with Crippen LogP contribution in [0.2, 0.25) is 0 Å².